The third-order valence-electron chi connectivity index (χ3n) is 7.41. The van der Waals surface area contributed by atoms with Gasteiger partial charge in [-0.25, -0.2) is 0 Å². The number of hydrogen-bond acceptors (Lipinski definition) is 3. The second kappa shape index (κ2) is 10.4. The molecular formula is C29H34N2O2S. The Morgan fingerprint density at radius 2 is 1.76 bits per heavy atom. The molecule has 178 valence electrons. The van der Waals surface area contributed by atoms with Crippen LogP contribution in [-0.4, -0.2) is 34.0 Å². The van der Waals surface area contributed by atoms with E-state index < -0.39 is 0 Å². The first-order chi connectivity index (χ1) is 16.6. The number of thioether (sulfide) groups is 1. The molecule has 3 fully saturated rings. The number of carbonyl (C=O) groups is 2. The Morgan fingerprint density at radius 3 is 2.53 bits per heavy atom. The highest BCUT2D eigenvalue weighted by Gasteiger charge is 2.40. The van der Waals surface area contributed by atoms with Crippen molar-refractivity contribution in [2.24, 2.45) is 0 Å². The molecule has 5 heteroatoms. The number of nitrogens with zero attached hydrogens (tertiary/aromatic N) is 1. The fraction of sp³-hybridized carbons (Fsp3) is 0.448. The van der Waals surface area contributed by atoms with E-state index in [-0.39, 0.29) is 11.8 Å². The fourth-order valence-corrected chi connectivity index (χ4v) is 7.06. The van der Waals surface area contributed by atoms with Crippen LogP contribution >= 0.6 is 11.8 Å². The Balaban J connectivity index is 1.34. The smallest absolute Gasteiger partial charge is 0.260 e. The molecule has 2 aromatic carbocycles. The van der Waals surface area contributed by atoms with Crippen molar-refractivity contribution in [2.75, 3.05) is 0 Å². The van der Waals surface area contributed by atoms with Crippen molar-refractivity contribution in [1.82, 2.24) is 10.2 Å². The lowest BCUT2D eigenvalue weighted by atomic mass is 9.92. The van der Waals surface area contributed by atoms with Crippen LogP contribution in [0.2, 0.25) is 0 Å². The molecule has 2 aliphatic carbocycles. The van der Waals surface area contributed by atoms with Gasteiger partial charge in [-0.3, -0.25) is 9.59 Å². The third-order valence-corrected chi connectivity index (χ3v) is 8.81. The second-order valence-electron chi connectivity index (χ2n) is 10.0. The molecule has 0 bridgehead atoms. The molecule has 2 atom stereocenters. The van der Waals surface area contributed by atoms with Gasteiger partial charge in [-0.1, -0.05) is 67.6 Å². The summed E-state index contributed by atoms with van der Waals surface area (Å²) in [6, 6.07) is 16.8. The topological polar surface area (TPSA) is 49.4 Å². The Hall–Kier alpha value is -2.53. The van der Waals surface area contributed by atoms with Crippen molar-refractivity contribution in [3.05, 3.63) is 75.7 Å². The van der Waals surface area contributed by atoms with Crippen LogP contribution in [-0.2, 0) is 11.3 Å². The van der Waals surface area contributed by atoms with E-state index in [0.29, 0.717) is 29.4 Å². The summed E-state index contributed by atoms with van der Waals surface area (Å²) in [4.78, 5) is 29.1. The minimum atomic E-state index is 0.00333. The molecule has 0 spiro atoms. The van der Waals surface area contributed by atoms with Crippen LogP contribution in [0.1, 0.15) is 78.4 Å². The first kappa shape index (κ1) is 23.2. The van der Waals surface area contributed by atoms with Gasteiger partial charge < -0.3 is 10.2 Å². The first-order valence-corrected chi connectivity index (χ1v) is 13.6. The number of nitrogens with one attached hydrogen (secondary N) is 1. The van der Waals surface area contributed by atoms with Gasteiger partial charge in [0, 0.05) is 29.4 Å². The van der Waals surface area contributed by atoms with Gasteiger partial charge in [0.1, 0.15) is 0 Å². The van der Waals surface area contributed by atoms with Crippen molar-refractivity contribution in [3.63, 3.8) is 0 Å². The van der Waals surface area contributed by atoms with E-state index in [9.17, 15) is 9.59 Å². The van der Waals surface area contributed by atoms with Crippen LogP contribution in [0.3, 0.4) is 0 Å². The summed E-state index contributed by atoms with van der Waals surface area (Å²) in [7, 11) is 0. The van der Waals surface area contributed by atoms with Crippen molar-refractivity contribution < 1.29 is 9.59 Å². The SMILES string of the molecule is Cc1cccc(CN2C(=O)/C(=C\c3ccc(C(=O)NC4CCCC4)cc3)SC3CCCCC32)c1. The Bertz CT molecular complexity index is 1070. The quantitative estimate of drug-likeness (QED) is 0.533. The summed E-state index contributed by atoms with van der Waals surface area (Å²) in [5, 5.41) is 3.61. The molecule has 34 heavy (non-hydrogen) atoms. The zero-order valence-corrected chi connectivity index (χ0v) is 20.8. The van der Waals surface area contributed by atoms with Gasteiger partial charge in [-0.15, -0.1) is 11.8 Å². The molecule has 4 nitrogen and oxygen atoms in total. The summed E-state index contributed by atoms with van der Waals surface area (Å²) in [6.07, 6.45) is 11.3. The molecular weight excluding hydrogens is 440 g/mol. The highest BCUT2D eigenvalue weighted by molar-refractivity contribution is 8.04. The molecule has 1 saturated heterocycles. The molecule has 2 aromatic rings. The van der Waals surface area contributed by atoms with Crippen LogP contribution in [0, 0.1) is 6.92 Å². The van der Waals surface area contributed by atoms with E-state index in [1.165, 1.54) is 36.8 Å². The van der Waals surface area contributed by atoms with Crippen LogP contribution in [0.15, 0.2) is 53.4 Å². The van der Waals surface area contributed by atoms with Crippen molar-refractivity contribution in [1.29, 1.82) is 0 Å². The van der Waals surface area contributed by atoms with Gasteiger partial charge >= 0.3 is 0 Å². The van der Waals surface area contributed by atoms with Crippen molar-refractivity contribution in [3.8, 4) is 0 Å². The van der Waals surface area contributed by atoms with E-state index in [1.807, 2.05) is 30.3 Å². The Morgan fingerprint density at radius 1 is 1.03 bits per heavy atom. The highest BCUT2D eigenvalue weighted by atomic mass is 32.2. The molecule has 3 aliphatic rings. The minimum absolute atomic E-state index is 0.00333. The zero-order valence-electron chi connectivity index (χ0n) is 20.0. The predicted molar refractivity (Wildman–Crippen MR) is 140 cm³/mol. The van der Waals surface area contributed by atoms with Crippen molar-refractivity contribution in [2.45, 2.75) is 82.2 Å². The molecule has 2 unspecified atom stereocenters. The fourth-order valence-electron chi connectivity index (χ4n) is 5.59. The normalized spacial score (nSPS) is 24.3. The number of rotatable bonds is 5. The van der Waals surface area contributed by atoms with Gasteiger partial charge in [-0.05, 0) is 61.9 Å². The molecule has 1 N–H and O–H groups in total. The van der Waals surface area contributed by atoms with Gasteiger partial charge in [-0.2, -0.15) is 0 Å². The second-order valence-corrected chi connectivity index (χ2v) is 11.3. The molecule has 0 aromatic heterocycles. The van der Waals surface area contributed by atoms with E-state index >= 15 is 0 Å². The van der Waals surface area contributed by atoms with Gasteiger partial charge in [0.05, 0.1) is 4.91 Å². The summed E-state index contributed by atoms with van der Waals surface area (Å²) >= 11 is 1.76. The van der Waals surface area contributed by atoms with Crippen LogP contribution < -0.4 is 5.32 Å². The number of hydrogen-bond donors (Lipinski definition) is 1. The number of aryl methyl sites for hydroxylation is 1. The largest absolute Gasteiger partial charge is 0.349 e. The maximum Gasteiger partial charge on any atom is 0.260 e. The number of benzene rings is 2. The third kappa shape index (κ3) is 5.25. The summed E-state index contributed by atoms with van der Waals surface area (Å²) < 4.78 is 0. The summed E-state index contributed by atoms with van der Waals surface area (Å²) in [6.45, 7) is 2.77. The Kier molecular flexibility index (Phi) is 7.10. The molecule has 1 heterocycles. The number of fused-ring (bicyclic) bond motifs is 1. The zero-order chi connectivity index (χ0) is 23.5. The molecule has 0 radical (unpaired) electrons. The van der Waals surface area contributed by atoms with E-state index in [2.05, 4.69) is 41.4 Å². The van der Waals surface area contributed by atoms with E-state index in [4.69, 9.17) is 0 Å². The average Bonchev–Trinajstić information content (AvgIpc) is 3.35. The lowest BCUT2D eigenvalue weighted by Gasteiger charge is -2.44. The maximum absolute atomic E-state index is 13.6. The highest BCUT2D eigenvalue weighted by Crippen LogP contribution is 2.42. The summed E-state index contributed by atoms with van der Waals surface area (Å²) in [5.74, 6) is 0.140. The molecule has 2 saturated carbocycles. The van der Waals surface area contributed by atoms with Crippen molar-refractivity contribution >= 4 is 29.7 Å². The van der Waals surface area contributed by atoms with Gasteiger partial charge in [0.15, 0.2) is 0 Å². The first-order valence-electron chi connectivity index (χ1n) is 12.7. The monoisotopic (exact) mass is 474 g/mol. The van der Waals surface area contributed by atoms with E-state index in [0.717, 1.165) is 36.2 Å². The number of carbonyl (C=O) groups excluding carboxylic acids is 2. The Labute approximate surface area is 207 Å². The average molecular weight is 475 g/mol. The van der Waals surface area contributed by atoms with Crippen LogP contribution in [0.25, 0.3) is 6.08 Å². The maximum atomic E-state index is 13.6. The lowest BCUT2D eigenvalue weighted by Crippen LogP contribution is -2.50. The van der Waals surface area contributed by atoms with Crippen LogP contribution in [0.4, 0.5) is 0 Å². The predicted octanol–water partition coefficient (Wildman–Crippen LogP) is 6.10. The standard InChI is InChI=1S/C29H34N2O2S/c1-20-7-6-8-22(17-20)19-31-25-11-4-5-12-26(25)34-27(29(31)33)18-21-13-15-23(16-14-21)28(32)30-24-9-2-3-10-24/h6-8,13-18,24-26H,2-5,9-12,19H2,1H3,(H,30,32)/b27-18+. The molecule has 5 rings (SSSR count). The lowest BCUT2D eigenvalue weighted by molar-refractivity contribution is -0.130. The summed E-state index contributed by atoms with van der Waals surface area (Å²) in [5.41, 5.74) is 4.08. The van der Waals surface area contributed by atoms with Gasteiger partial charge in [0.25, 0.3) is 11.8 Å². The molecule has 1 aliphatic heterocycles. The molecule has 2 amide bonds. The van der Waals surface area contributed by atoms with Gasteiger partial charge in [0.2, 0.25) is 0 Å². The van der Waals surface area contributed by atoms with E-state index in [1.54, 1.807) is 11.8 Å². The van der Waals surface area contributed by atoms with Crippen LogP contribution in [0.5, 0.6) is 0 Å². The minimum Gasteiger partial charge on any atom is -0.349 e. The number of amides is 2.